The fourth-order valence-electron chi connectivity index (χ4n) is 2.15. The quantitative estimate of drug-likeness (QED) is 0.556. The van der Waals surface area contributed by atoms with Crippen molar-refractivity contribution < 1.29 is 14.3 Å². The fraction of sp³-hybridized carbons (Fsp3) is 0.316. The van der Waals surface area contributed by atoms with Crippen LogP contribution in [0.1, 0.15) is 24.2 Å². The molecule has 2 rings (SSSR count). The molecule has 0 fully saturated rings. The number of aryl methyl sites for hydroxylation is 1. The summed E-state index contributed by atoms with van der Waals surface area (Å²) in [5, 5.41) is 0.176. The molecule has 3 nitrogen and oxygen atoms in total. The largest absolute Gasteiger partial charge is 0.462 e. The lowest BCUT2D eigenvalue weighted by Gasteiger charge is -2.17. The Morgan fingerprint density at radius 1 is 1.09 bits per heavy atom. The van der Waals surface area contributed by atoms with Gasteiger partial charge in [-0.1, -0.05) is 48.0 Å². The lowest BCUT2D eigenvalue weighted by atomic mass is 10.1. The molecular weight excluding hydrogens is 308 g/mol. The first-order chi connectivity index (χ1) is 11.1. The van der Waals surface area contributed by atoms with Crippen molar-refractivity contribution in [2.75, 3.05) is 13.7 Å². The Hall–Kier alpha value is -1.78. The van der Waals surface area contributed by atoms with Crippen LogP contribution in [0.3, 0.4) is 0 Å². The standard InChI is InChI=1S/C19H22O3S/c1-14-9-11-17(12-10-14)23-15(2)13-22-19(20)18(21-3)16-7-5-4-6-8-16/h4-12,15,18H,13H2,1-3H3/t15-,18+/m0/s1. The molecule has 0 amide bonds. The molecule has 0 heterocycles. The zero-order valence-electron chi connectivity index (χ0n) is 13.7. The first-order valence-electron chi connectivity index (χ1n) is 7.58. The van der Waals surface area contributed by atoms with Crippen LogP contribution in [0.5, 0.6) is 0 Å². The summed E-state index contributed by atoms with van der Waals surface area (Å²) in [4.78, 5) is 13.4. The van der Waals surface area contributed by atoms with E-state index in [2.05, 4.69) is 31.2 Å². The second-order valence-electron chi connectivity index (χ2n) is 5.40. The molecule has 122 valence electrons. The van der Waals surface area contributed by atoms with Crippen molar-refractivity contribution in [1.82, 2.24) is 0 Å². The molecule has 2 aromatic rings. The molecule has 0 aliphatic rings. The third-order valence-electron chi connectivity index (χ3n) is 3.37. The first-order valence-corrected chi connectivity index (χ1v) is 8.46. The van der Waals surface area contributed by atoms with Crippen molar-refractivity contribution in [2.24, 2.45) is 0 Å². The molecule has 0 spiro atoms. The average molecular weight is 330 g/mol. The second-order valence-corrected chi connectivity index (χ2v) is 6.91. The Bertz CT molecular complexity index is 610. The van der Waals surface area contributed by atoms with Crippen LogP contribution in [0.2, 0.25) is 0 Å². The molecule has 0 radical (unpaired) electrons. The molecule has 0 N–H and O–H groups in total. The number of carbonyl (C=O) groups excluding carboxylic acids is 1. The van der Waals surface area contributed by atoms with E-state index in [-0.39, 0.29) is 11.2 Å². The van der Waals surface area contributed by atoms with E-state index in [4.69, 9.17) is 9.47 Å². The van der Waals surface area contributed by atoms with E-state index >= 15 is 0 Å². The zero-order valence-corrected chi connectivity index (χ0v) is 14.5. The molecule has 0 unspecified atom stereocenters. The van der Waals surface area contributed by atoms with E-state index in [1.54, 1.807) is 11.8 Å². The van der Waals surface area contributed by atoms with Crippen LogP contribution >= 0.6 is 11.8 Å². The molecule has 0 bridgehead atoms. The summed E-state index contributed by atoms with van der Waals surface area (Å²) >= 11 is 1.69. The van der Waals surface area contributed by atoms with E-state index in [1.807, 2.05) is 37.3 Å². The van der Waals surface area contributed by atoms with Gasteiger partial charge in [-0.3, -0.25) is 0 Å². The lowest BCUT2D eigenvalue weighted by Crippen LogP contribution is -2.21. The van der Waals surface area contributed by atoms with E-state index < -0.39 is 6.10 Å². The summed E-state index contributed by atoms with van der Waals surface area (Å²) < 4.78 is 10.7. The molecule has 4 heteroatoms. The van der Waals surface area contributed by atoms with Gasteiger partial charge in [0, 0.05) is 17.3 Å². The number of thioether (sulfide) groups is 1. The minimum Gasteiger partial charge on any atom is -0.462 e. The van der Waals surface area contributed by atoms with Gasteiger partial charge in [0.1, 0.15) is 6.61 Å². The summed E-state index contributed by atoms with van der Waals surface area (Å²) in [5.41, 5.74) is 2.04. The highest BCUT2D eigenvalue weighted by Gasteiger charge is 2.22. The Labute approximate surface area is 142 Å². The van der Waals surface area contributed by atoms with Crippen molar-refractivity contribution in [3.63, 3.8) is 0 Å². The van der Waals surface area contributed by atoms with Gasteiger partial charge in [-0.05, 0) is 31.5 Å². The number of hydrogen-bond donors (Lipinski definition) is 0. The molecular formula is C19H22O3S. The number of esters is 1. The summed E-state index contributed by atoms with van der Waals surface area (Å²) in [6, 6.07) is 17.7. The zero-order chi connectivity index (χ0) is 16.7. The number of rotatable bonds is 7. The molecule has 0 aliphatic carbocycles. The third kappa shape index (κ3) is 5.41. The lowest BCUT2D eigenvalue weighted by molar-refractivity contribution is -0.155. The summed E-state index contributed by atoms with van der Waals surface area (Å²) in [6.07, 6.45) is -0.673. The Balaban J connectivity index is 1.86. The van der Waals surface area contributed by atoms with Crippen molar-refractivity contribution in [3.05, 3.63) is 65.7 Å². The Morgan fingerprint density at radius 3 is 2.35 bits per heavy atom. The van der Waals surface area contributed by atoms with Crippen molar-refractivity contribution in [1.29, 1.82) is 0 Å². The molecule has 0 aromatic heterocycles. The highest BCUT2D eigenvalue weighted by molar-refractivity contribution is 8.00. The number of carbonyl (C=O) groups is 1. The Morgan fingerprint density at radius 2 is 1.74 bits per heavy atom. The van der Waals surface area contributed by atoms with Crippen molar-refractivity contribution in [3.8, 4) is 0 Å². The molecule has 0 saturated heterocycles. The van der Waals surface area contributed by atoms with Gasteiger partial charge in [0.15, 0.2) is 6.10 Å². The molecule has 0 saturated carbocycles. The monoisotopic (exact) mass is 330 g/mol. The summed E-state index contributed by atoms with van der Waals surface area (Å²) in [7, 11) is 1.52. The van der Waals surface area contributed by atoms with Crippen LogP contribution in [0, 0.1) is 6.92 Å². The van der Waals surface area contributed by atoms with Crippen LogP contribution in [0.25, 0.3) is 0 Å². The molecule has 2 atom stereocenters. The highest BCUT2D eigenvalue weighted by Crippen LogP contribution is 2.24. The number of hydrogen-bond acceptors (Lipinski definition) is 4. The normalized spacial score (nSPS) is 13.3. The maximum Gasteiger partial charge on any atom is 0.339 e. The van der Waals surface area contributed by atoms with Gasteiger partial charge in [-0.15, -0.1) is 11.8 Å². The van der Waals surface area contributed by atoms with E-state index in [0.717, 1.165) is 5.56 Å². The number of benzene rings is 2. The predicted molar refractivity (Wildman–Crippen MR) is 93.6 cm³/mol. The average Bonchev–Trinajstić information content (AvgIpc) is 2.57. The molecule has 0 aliphatic heterocycles. The minimum absolute atomic E-state index is 0.176. The first kappa shape index (κ1) is 17.6. The molecule has 23 heavy (non-hydrogen) atoms. The van der Waals surface area contributed by atoms with Gasteiger partial charge in [0.2, 0.25) is 0 Å². The summed E-state index contributed by atoms with van der Waals surface area (Å²) in [5.74, 6) is -0.352. The van der Waals surface area contributed by atoms with Crippen molar-refractivity contribution >= 4 is 17.7 Å². The van der Waals surface area contributed by atoms with Crippen LogP contribution in [-0.4, -0.2) is 24.9 Å². The maximum atomic E-state index is 12.2. The SMILES string of the molecule is CO[C@@H](C(=O)OC[C@H](C)Sc1ccc(C)cc1)c1ccccc1. The van der Waals surface area contributed by atoms with E-state index in [1.165, 1.54) is 17.6 Å². The second kappa shape index (κ2) is 8.75. The summed E-state index contributed by atoms with van der Waals surface area (Å²) in [6.45, 7) is 4.46. The van der Waals surface area contributed by atoms with Gasteiger partial charge in [-0.25, -0.2) is 4.79 Å². The van der Waals surface area contributed by atoms with Crippen LogP contribution < -0.4 is 0 Å². The highest BCUT2D eigenvalue weighted by atomic mass is 32.2. The smallest absolute Gasteiger partial charge is 0.339 e. The van der Waals surface area contributed by atoms with Crippen LogP contribution in [0.4, 0.5) is 0 Å². The van der Waals surface area contributed by atoms with Gasteiger partial charge < -0.3 is 9.47 Å². The minimum atomic E-state index is -0.673. The van der Waals surface area contributed by atoms with Crippen molar-refractivity contribution in [2.45, 2.75) is 30.1 Å². The number of ether oxygens (including phenoxy) is 2. The van der Waals surface area contributed by atoms with Crippen LogP contribution in [0.15, 0.2) is 59.5 Å². The number of methoxy groups -OCH3 is 1. The van der Waals surface area contributed by atoms with E-state index in [9.17, 15) is 4.79 Å². The topological polar surface area (TPSA) is 35.5 Å². The predicted octanol–water partition coefficient (Wildman–Crippen LogP) is 4.41. The van der Waals surface area contributed by atoms with Gasteiger partial charge in [0.05, 0.1) is 0 Å². The van der Waals surface area contributed by atoms with Crippen LogP contribution in [-0.2, 0) is 14.3 Å². The third-order valence-corrected chi connectivity index (χ3v) is 4.45. The van der Waals surface area contributed by atoms with Gasteiger partial charge in [-0.2, -0.15) is 0 Å². The van der Waals surface area contributed by atoms with Gasteiger partial charge >= 0.3 is 5.97 Å². The molecule has 2 aromatic carbocycles. The van der Waals surface area contributed by atoms with E-state index in [0.29, 0.717) is 6.61 Å². The fourth-order valence-corrected chi connectivity index (χ4v) is 3.05. The Kier molecular flexibility index (Phi) is 6.68. The van der Waals surface area contributed by atoms with Gasteiger partial charge in [0.25, 0.3) is 0 Å². The maximum absolute atomic E-state index is 12.2.